The number of carbonyl (C=O) groups is 1. The molecule has 1 aromatic heterocycles. The van der Waals surface area contributed by atoms with Gasteiger partial charge in [0.15, 0.2) is 0 Å². The lowest BCUT2D eigenvalue weighted by Gasteiger charge is -2.34. The Morgan fingerprint density at radius 2 is 1.69 bits per heavy atom. The van der Waals surface area contributed by atoms with Gasteiger partial charge >= 0.3 is 11.6 Å². The van der Waals surface area contributed by atoms with Gasteiger partial charge in [-0.05, 0) is 18.6 Å². The third-order valence-corrected chi connectivity index (χ3v) is 5.27. The molecule has 0 saturated carbocycles. The van der Waals surface area contributed by atoms with Crippen LogP contribution < -0.4 is 9.85 Å². The molecule has 0 atom stereocenters. The monoisotopic (exact) mass is 393 g/mol. The van der Waals surface area contributed by atoms with Crippen LogP contribution in [0.2, 0.25) is 0 Å². The lowest BCUT2D eigenvalue weighted by atomic mass is 10.2. The van der Waals surface area contributed by atoms with Crippen molar-refractivity contribution in [1.82, 2.24) is 20.1 Å². The van der Waals surface area contributed by atoms with Crippen LogP contribution in [0.15, 0.2) is 54.6 Å². The first-order valence-electron chi connectivity index (χ1n) is 9.61. The van der Waals surface area contributed by atoms with Gasteiger partial charge in [0.2, 0.25) is 0 Å². The summed E-state index contributed by atoms with van der Waals surface area (Å²) < 4.78 is 1.18. The van der Waals surface area contributed by atoms with E-state index in [0.29, 0.717) is 22.2 Å². The highest BCUT2D eigenvalue weighted by Crippen LogP contribution is 2.14. The number of rotatable bonds is 4. The number of piperazine rings is 1. The van der Waals surface area contributed by atoms with Crippen LogP contribution in [0.3, 0.4) is 0 Å². The van der Waals surface area contributed by atoms with Crippen molar-refractivity contribution in [1.29, 1.82) is 0 Å². The zero-order valence-corrected chi connectivity index (χ0v) is 16.2. The molecule has 150 valence electrons. The molecular formula is C21H23N5O3. The SMILES string of the molecule is Cc1c(C(=O)NN2CCN(Cc3ccccc3)CC2)[n+](=O)c2ccccc2n1[O-]. The average molecular weight is 393 g/mol. The average Bonchev–Trinajstić information content (AvgIpc) is 2.74. The minimum absolute atomic E-state index is 0.0823. The number of para-hydroxylation sites is 2. The predicted octanol–water partition coefficient (Wildman–Crippen LogP) is 1.67. The lowest BCUT2D eigenvalue weighted by Crippen LogP contribution is -2.54. The Bertz CT molecular complexity index is 1090. The number of amides is 1. The number of nitrogens with one attached hydrogen (secondary N) is 1. The fraction of sp³-hybridized carbons (Fsp3) is 0.286. The van der Waals surface area contributed by atoms with Gasteiger partial charge in [0.05, 0.1) is 10.1 Å². The number of nitrogens with zero attached hydrogens (tertiary/aromatic N) is 4. The van der Waals surface area contributed by atoms with E-state index in [1.807, 2.05) is 18.2 Å². The maximum absolute atomic E-state index is 12.8. The van der Waals surface area contributed by atoms with Crippen LogP contribution in [0.25, 0.3) is 11.0 Å². The molecule has 0 aliphatic carbocycles. The first kappa shape index (κ1) is 19.1. The highest BCUT2D eigenvalue weighted by Gasteiger charge is 2.29. The van der Waals surface area contributed by atoms with Gasteiger partial charge in [-0.25, -0.2) is 5.01 Å². The van der Waals surface area contributed by atoms with Crippen LogP contribution in [0.5, 0.6) is 0 Å². The minimum atomic E-state index is -0.565. The van der Waals surface area contributed by atoms with Crippen molar-refractivity contribution in [3.05, 3.63) is 81.7 Å². The molecule has 1 aliphatic heterocycles. The van der Waals surface area contributed by atoms with Crippen molar-refractivity contribution in [2.24, 2.45) is 0 Å². The molecule has 0 unspecified atom stereocenters. The Hall–Kier alpha value is -3.23. The Morgan fingerprint density at radius 1 is 1.03 bits per heavy atom. The maximum atomic E-state index is 12.8. The lowest BCUT2D eigenvalue weighted by molar-refractivity contribution is -0.468. The van der Waals surface area contributed by atoms with Gasteiger partial charge < -0.3 is 9.94 Å². The Morgan fingerprint density at radius 3 is 2.41 bits per heavy atom. The molecule has 29 heavy (non-hydrogen) atoms. The standard InChI is InChI=1S/C21H23N5O3/c1-16-20(26(29)19-10-6-5-9-18(19)25(16)28)21(27)22-24-13-11-23(12-14-24)15-17-7-3-2-4-8-17/h2-10H,11-15H2,1H3,(H,22,27). The van der Waals surface area contributed by atoms with E-state index in [-0.39, 0.29) is 22.4 Å². The maximum Gasteiger partial charge on any atom is 0.347 e. The fourth-order valence-corrected chi connectivity index (χ4v) is 3.66. The van der Waals surface area contributed by atoms with Crippen molar-refractivity contribution >= 4 is 16.9 Å². The molecular weight excluding hydrogens is 370 g/mol. The number of hydrogen-bond acceptors (Lipinski definition) is 5. The van der Waals surface area contributed by atoms with Crippen molar-refractivity contribution in [3.8, 4) is 0 Å². The summed E-state index contributed by atoms with van der Waals surface area (Å²) >= 11 is 0. The second-order valence-electron chi connectivity index (χ2n) is 7.20. The molecule has 8 heteroatoms. The molecule has 0 bridgehead atoms. The minimum Gasteiger partial charge on any atom is -0.805 e. The number of hydrazine groups is 1. The van der Waals surface area contributed by atoms with Crippen molar-refractivity contribution in [2.75, 3.05) is 26.2 Å². The molecule has 0 radical (unpaired) electrons. The van der Waals surface area contributed by atoms with E-state index >= 15 is 0 Å². The third kappa shape index (κ3) is 3.85. The summed E-state index contributed by atoms with van der Waals surface area (Å²) in [5.74, 6) is -0.565. The van der Waals surface area contributed by atoms with E-state index in [2.05, 4.69) is 22.5 Å². The largest absolute Gasteiger partial charge is 0.805 e. The van der Waals surface area contributed by atoms with Crippen LogP contribution >= 0.6 is 0 Å². The summed E-state index contributed by atoms with van der Waals surface area (Å²) in [5.41, 5.74) is 4.36. The summed E-state index contributed by atoms with van der Waals surface area (Å²) in [6.45, 7) is 5.22. The molecule has 3 aromatic rings. The summed E-state index contributed by atoms with van der Waals surface area (Å²) in [7, 11) is 0. The third-order valence-electron chi connectivity index (χ3n) is 5.27. The highest BCUT2D eigenvalue weighted by atomic mass is 16.5. The fourth-order valence-electron chi connectivity index (χ4n) is 3.66. The van der Waals surface area contributed by atoms with E-state index in [4.69, 9.17) is 0 Å². The van der Waals surface area contributed by atoms with E-state index in [9.17, 15) is 14.9 Å². The normalized spacial score (nSPS) is 15.5. The second kappa shape index (κ2) is 8.02. The van der Waals surface area contributed by atoms with Gasteiger partial charge in [0, 0.05) is 43.7 Å². The molecule has 1 aliphatic rings. The topological polar surface area (TPSA) is 86.5 Å². The van der Waals surface area contributed by atoms with Crippen molar-refractivity contribution < 1.29 is 9.22 Å². The van der Waals surface area contributed by atoms with Crippen LogP contribution in [0.1, 0.15) is 21.7 Å². The summed E-state index contributed by atoms with van der Waals surface area (Å²) in [4.78, 5) is 27.8. The quantitative estimate of drug-likeness (QED) is 0.682. The van der Waals surface area contributed by atoms with Gasteiger partial charge in [-0.2, -0.15) is 0 Å². The first-order valence-corrected chi connectivity index (χ1v) is 9.61. The Balaban J connectivity index is 1.45. The van der Waals surface area contributed by atoms with E-state index in [0.717, 1.165) is 19.6 Å². The zero-order chi connectivity index (χ0) is 20.4. The Kier molecular flexibility index (Phi) is 5.28. The summed E-state index contributed by atoms with van der Waals surface area (Å²) in [6.07, 6.45) is 0. The van der Waals surface area contributed by atoms with Gasteiger partial charge in [-0.15, -0.1) is 0 Å². The van der Waals surface area contributed by atoms with Gasteiger partial charge in [0.1, 0.15) is 5.52 Å². The number of benzene rings is 2. The molecule has 4 rings (SSSR count). The van der Waals surface area contributed by atoms with Crippen LogP contribution in [-0.2, 0) is 6.54 Å². The first-order chi connectivity index (χ1) is 14.0. The highest BCUT2D eigenvalue weighted by molar-refractivity contribution is 5.92. The van der Waals surface area contributed by atoms with Gasteiger partial charge in [0.25, 0.3) is 5.52 Å². The molecule has 2 aromatic carbocycles. The molecule has 8 nitrogen and oxygen atoms in total. The van der Waals surface area contributed by atoms with Crippen LogP contribution in [-0.4, -0.2) is 46.7 Å². The molecule has 0 spiro atoms. The number of carbonyl (C=O) groups excluding carboxylic acids is 1. The van der Waals surface area contributed by atoms with Crippen molar-refractivity contribution in [2.45, 2.75) is 13.5 Å². The Labute approximate surface area is 168 Å². The molecule has 2 heterocycles. The zero-order valence-electron chi connectivity index (χ0n) is 16.2. The molecule has 1 amide bonds. The smallest absolute Gasteiger partial charge is 0.347 e. The van der Waals surface area contributed by atoms with Gasteiger partial charge in [-0.1, -0.05) is 42.5 Å². The van der Waals surface area contributed by atoms with E-state index < -0.39 is 5.91 Å². The van der Waals surface area contributed by atoms with Crippen molar-refractivity contribution in [3.63, 3.8) is 0 Å². The summed E-state index contributed by atoms with van der Waals surface area (Å²) in [6, 6.07) is 16.7. The predicted molar refractivity (Wildman–Crippen MR) is 110 cm³/mol. The van der Waals surface area contributed by atoms with Crippen LogP contribution in [0, 0.1) is 17.0 Å². The van der Waals surface area contributed by atoms with E-state index in [1.165, 1.54) is 18.6 Å². The van der Waals surface area contributed by atoms with Gasteiger partial charge in [-0.3, -0.25) is 15.1 Å². The van der Waals surface area contributed by atoms with E-state index in [1.54, 1.807) is 23.2 Å². The number of aromatic nitrogens is 2. The molecule has 1 fully saturated rings. The number of fused-ring (bicyclic) bond motifs is 1. The molecule has 1 N–H and O–H groups in total. The van der Waals surface area contributed by atoms with Crippen LogP contribution in [0.4, 0.5) is 0 Å². The second-order valence-corrected chi connectivity index (χ2v) is 7.20. The summed E-state index contributed by atoms with van der Waals surface area (Å²) in [5, 5.41) is 14.3. The molecule has 1 saturated heterocycles. The number of hydrogen-bond donors (Lipinski definition) is 1.